The number of hydrogen-bond acceptors (Lipinski definition) is 30. The average molecular weight is 1910 g/mol. The van der Waals surface area contributed by atoms with Gasteiger partial charge in [-0.05, 0) is 165 Å². The van der Waals surface area contributed by atoms with Crippen LogP contribution in [0.15, 0.2) is 53.5 Å². The fourth-order valence-corrected chi connectivity index (χ4v) is 14.2. The van der Waals surface area contributed by atoms with E-state index in [9.17, 15) is 112 Å². The number of aliphatic carboxylic acids is 1. The van der Waals surface area contributed by atoms with Crippen molar-refractivity contribution in [3.63, 3.8) is 0 Å². The number of aliphatic hydroxyl groups is 4. The Bertz CT molecular complexity index is 4170. The third-order valence-corrected chi connectivity index (χ3v) is 22.8. The number of carbonyl (C=O) groups excluding carboxylic acids is 15. The van der Waals surface area contributed by atoms with Gasteiger partial charge in [0.1, 0.15) is 102 Å². The Labute approximate surface area is 778 Å². The van der Waals surface area contributed by atoms with Crippen LogP contribution < -0.4 is 115 Å². The summed E-state index contributed by atoms with van der Waals surface area (Å²) in [5, 5.41) is 108. The summed E-state index contributed by atoms with van der Waals surface area (Å²) in [5.74, 6) is -19.3. The number of aliphatic imine (C=N–C) groups is 1. The Morgan fingerprint density at radius 3 is 1.23 bits per heavy atom. The number of unbranched alkanes of at least 4 members (excludes halogenated alkanes) is 1. The number of carboxylic acid groups (broad SMARTS) is 1. The van der Waals surface area contributed by atoms with Crippen molar-refractivity contribution in [1.82, 2.24) is 79.3 Å². The number of carboxylic acids is 1. The van der Waals surface area contributed by atoms with E-state index < -0.39 is 239 Å². The van der Waals surface area contributed by atoms with E-state index in [0.29, 0.717) is 17.5 Å². The number of nitrogens with two attached hydrogens (primary N) is 7. The molecule has 0 aliphatic carbocycles. The highest BCUT2D eigenvalue weighted by molar-refractivity contribution is 7.81. The maximum Gasteiger partial charge on any atom is 0.326 e. The van der Waals surface area contributed by atoms with Gasteiger partial charge in [-0.25, -0.2) is 4.79 Å². The van der Waals surface area contributed by atoms with Crippen LogP contribution >= 0.6 is 25.3 Å². The van der Waals surface area contributed by atoms with Crippen molar-refractivity contribution in [2.75, 3.05) is 51.6 Å². The number of carbonyl (C=O) groups is 16. The fourth-order valence-electron chi connectivity index (χ4n) is 13.7. The largest absolute Gasteiger partial charge is 0.508 e. The second-order valence-electron chi connectivity index (χ2n) is 33.8. The first-order valence-electron chi connectivity index (χ1n) is 44.0. The number of benzene rings is 2. The molecule has 0 aromatic heterocycles. The van der Waals surface area contributed by atoms with Crippen molar-refractivity contribution >= 4 is 126 Å². The quantitative estimate of drug-likeness (QED) is 0.0127. The second kappa shape index (κ2) is 57.6. The number of β-amino-alcohol motifs (C(OH)–C–C–N with tert-alkyl or cyclic N) is 1. The normalized spacial score (nSPS) is 17.5. The van der Waals surface area contributed by atoms with Gasteiger partial charge in [-0.1, -0.05) is 78.6 Å². The zero-order valence-corrected chi connectivity index (χ0v) is 78.2. The number of rotatable bonds is 59. The van der Waals surface area contributed by atoms with Crippen LogP contribution in [0.2, 0.25) is 0 Å². The number of phenols is 2. The molecule has 2 aromatic rings. The van der Waals surface area contributed by atoms with Crippen molar-refractivity contribution in [2.45, 2.75) is 279 Å². The Hall–Kier alpha value is -10.8. The highest BCUT2D eigenvalue weighted by atomic mass is 32.1. The Morgan fingerprint density at radius 2 is 0.818 bits per heavy atom. The molecule has 1 heterocycles. The first-order chi connectivity index (χ1) is 62.1. The number of thiol groups is 2. The van der Waals surface area contributed by atoms with Crippen molar-refractivity contribution < 1.29 is 112 Å². The van der Waals surface area contributed by atoms with Crippen LogP contribution in [0.1, 0.15) is 157 Å². The topological polar surface area (TPSA) is 781 Å². The molecule has 742 valence electrons. The molecule has 0 radical (unpaired) electrons. The number of aromatic hydroxyl groups is 2. The van der Waals surface area contributed by atoms with Crippen molar-refractivity contribution in [1.29, 1.82) is 0 Å². The molecule has 48 heteroatoms. The molecule has 1 saturated heterocycles. The number of hydrogen-bond donors (Lipinski definition) is 30. The van der Waals surface area contributed by atoms with Crippen LogP contribution in [0.3, 0.4) is 0 Å². The molecule has 1 fully saturated rings. The van der Waals surface area contributed by atoms with Gasteiger partial charge >= 0.3 is 5.97 Å². The van der Waals surface area contributed by atoms with E-state index in [2.05, 4.69) is 105 Å². The summed E-state index contributed by atoms with van der Waals surface area (Å²) in [7, 11) is 0. The fraction of sp³-hybridized carbons (Fsp3) is 0.655. The minimum atomic E-state index is -1.93. The summed E-state index contributed by atoms with van der Waals surface area (Å²) in [6, 6.07) is -14.1. The van der Waals surface area contributed by atoms with Crippen LogP contribution in [0.5, 0.6) is 11.5 Å². The molecule has 0 unspecified atom stereocenters. The summed E-state index contributed by atoms with van der Waals surface area (Å²) >= 11 is 8.90. The maximum atomic E-state index is 14.9. The molecular formula is C84H141N23O23S2. The lowest BCUT2D eigenvalue weighted by Gasteiger charge is -2.34. The summed E-state index contributed by atoms with van der Waals surface area (Å²) < 4.78 is -1.53. The van der Waals surface area contributed by atoms with Crippen LogP contribution in [-0.2, 0) is 89.6 Å². The number of amides is 15. The first kappa shape index (κ1) is 115. The lowest BCUT2D eigenvalue weighted by atomic mass is 9.95. The lowest BCUT2D eigenvalue weighted by Crippen LogP contribution is -2.65. The van der Waals surface area contributed by atoms with Crippen molar-refractivity contribution in [2.24, 2.45) is 62.9 Å². The molecule has 132 heavy (non-hydrogen) atoms. The Kier molecular flexibility index (Phi) is 50.3. The minimum Gasteiger partial charge on any atom is -0.508 e. The third kappa shape index (κ3) is 38.0. The van der Waals surface area contributed by atoms with Gasteiger partial charge in [-0.2, -0.15) is 25.3 Å². The van der Waals surface area contributed by atoms with Crippen LogP contribution in [0, 0.1) is 17.8 Å². The summed E-state index contributed by atoms with van der Waals surface area (Å²) in [4.78, 5) is 232. The minimum absolute atomic E-state index is 0.0159. The number of aliphatic hydroxyl groups excluding tert-OH is 4. The van der Waals surface area contributed by atoms with Gasteiger partial charge in [-0.3, -0.25) is 76.9 Å². The van der Waals surface area contributed by atoms with E-state index in [0.717, 1.165) is 11.8 Å². The number of nitrogens with zero attached hydrogens (tertiary/aromatic N) is 2. The van der Waals surface area contributed by atoms with Crippen LogP contribution in [-0.4, -0.2) is 313 Å². The van der Waals surface area contributed by atoms with E-state index in [1.165, 1.54) is 69.3 Å². The molecule has 0 bridgehead atoms. The van der Waals surface area contributed by atoms with Crippen LogP contribution in [0.4, 0.5) is 0 Å². The van der Waals surface area contributed by atoms with Gasteiger partial charge in [0.25, 0.3) is 0 Å². The van der Waals surface area contributed by atoms with Gasteiger partial charge < -0.3 is 155 Å². The molecule has 2 aromatic carbocycles. The van der Waals surface area contributed by atoms with E-state index in [1.807, 2.05) is 0 Å². The van der Waals surface area contributed by atoms with E-state index in [-0.39, 0.29) is 146 Å². The molecule has 1 aliphatic rings. The molecule has 0 spiro atoms. The van der Waals surface area contributed by atoms with Gasteiger partial charge in [0.2, 0.25) is 88.6 Å². The second-order valence-corrected chi connectivity index (χ2v) is 35.3. The number of nitrogens with one attached hydrogen (secondary N) is 14. The molecule has 46 nitrogen and oxygen atoms in total. The van der Waals surface area contributed by atoms with Gasteiger partial charge in [-0.15, -0.1) is 0 Å². The molecule has 21 atom stereocenters. The van der Waals surface area contributed by atoms with Crippen LogP contribution in [0.25, 0.3) is 0 Å². The van der Waals surface area contributed by atoms with Gasteiger partial charge in [0.05, 0.1) is 31.0 Å². The van der Waals surface area contributed by atoms with Gasteiger partial charge in [0.15, 0.2) is 5.96 Å². The lowest BCUT2D eigenvalue weighted by molar-refractivity contribution is -0.142. The summed E-state index contributed by atoms with van der Waals surface area (Å²) in [5.41, 5.74) is 41.5. The first-order valence-corrected chi connectivity index (χ1v) is 45.1. The molecule has 15 amide bonds. The number of likely N-dealkylation sites (tertiary alicyclic amines) is 1. The van der Waals surface area contributed by atoms with E-state index in [1.54, 1.807) is 41.5 Å². The van der Waals surface area contributed by atoms with Crippen molar-refractivity contribution in [3.8, 4) is 11.5 Å². The maximum absolute atomic E-state index is 14.9. The molecule has 35 N–H and O–H groups in total. The highest BCUT2D eigenvalue weighted by Gasteiger charge is 2.46. The predicted octanol–water partition coefficient (Wildman–Crippen LogP) is -8.20. The summed E-state index contributed by atoms with van der Waals surface area (Å²) in [6.07, 6.45) is -5.41. The highest BCUT2D eigenvalue weighted by Crippen LogP contribution is 2.25. The average Bonchev–Trinajstić information content (AvgIpc) is 1.63. The SMILES string of the molecule is CC[C@H](C)[C@H](NC(=O)[C@@H](NC(=O)[C@H](Cc1ccc(O)cc1)NC(=O)[C@@H](NC(=O)[C@@H](NC(=O)[C@@H]1C[C@@H](O)CN1C(=O)[C@@H](N)C(C)C)[C@@H](C)CC)[C@@H](C)O)C(C)(C)S)C(=O)N[C@@H](CCCN=C(N)N)C(=O)N[C@@H](CCN)C(=O)N[C@H](C(=O)N[C@H](CCN)C(=O)N[C@@H](CCCCN)C(=O)N[C@@H](CS)C(=O)N[C@@H](CO)C(=O)N[C@@H](CCCN)C(=O)N[C@@H](Cc1ccc(O)cc1)C(=O)O)[C@@H](C)O. The summed E-state index contributed by atoms with van der Waals surface area (Å²) in [6.45, 7) is 13.4. The Balaban J connectivity index is 1.92. The van der Waals surface area contributed by atoms with E-state index >= 15 is 0 Å². The Morgan fingerprint density at radius 1 is 0.462 bits per heavy atom. The standard InChI is InChI=1S/C84H141N23O23S2/c1-11-42(5)62(103-80(127)66(84(9,10)132)106-72(119)56(35-46-20-24-48(111)25-21-46)98-79(126)65(45(8)110)105-77(124)63(43(6)12-2)102-75(122)60-37-50(113)38-107(60)81(128)61(89)41(3)4)76(123)96-53(19-16-34-92-83(90)91)67(114)95-55(29-33-88)71(118)104-64(44(7)109)78(125)97-54(28-32-87)70(117)93-51(17-13-14-30-85)69(116)101-59(40-131)74(121)100-58(39-108)73(120)94-52(18-15-31-86)68(115)99-57(82(129)130)36-47-22-26-49(112)27-23-47/h20-27,41-45,50-66,108-113,131-132H,11-19,28-40,85-89H2,1-10H3,(H,93,117)(H,94,120)(H,95,114)(H,96,123)(H,97,125)(H,98,126)(H,99,115)(H,100,121)(H,101,116)(H,102,122)(H,103,127)(H,104,118)(H,105,124)(H,106,119)(H,129,130)(H4,90,91,92)/t42-,43-,44+,45+,50+,51-,52-,53-,54+,55-,56-,57-,58-,59-,60-,61-,62-,63-,64-,65-,66+/m0/s1. The zero-order valence-electron chi connectivity index (χ0n) is 76.4. The molecule has 3 rings (SSSR count). The monoisotopic (exact) mass is 1900 g/mol. The third-order valence-electron chi connectivity index (χ3n) is 22.1. The zero-order chi connectivity index (χ0) is 99.7. The smallest absolute Gasteiger partial charge is 0.326 e. The number of phenolic OH excluding ortho intramolecular Hbond substituents is 2. The van der Waals surface area contributed by atoms with E-state index in [4.69, 9.17) is 40.1 Å². The molecule has 1 aliphatic heterocycles. The predicted molar refractivity (Wildman–Crippen MR) is 492 cm³/mol. The van der Waals surface area contributed by atoms with Crippen molar-refractivity contribution in [3.05, 3.63) is 59.7 Å². The molecule has 0 saturated carbocycles. The van der Waals surface area contributed by atoms with Gasteiger partial charge in [0, 0.05) is 42.9 Å². The number of guanidine groups is 1. The molecular weight excluding hydrogens is 1760 g/mol.